The normalized spacial score (nSPS) is 37.4. The molecule has 54 valence electrons. The van der Waals surface area contributed by atoms with Gasteiger partial charge in [0.05, 0.1) is 0 Å². The number of allylic oxidation sites excluding steroid dienone is 3. The fourth-order valence-corrected chi connectivity index (χ4v) is 2.43. The summed E-state index contributed by atoms with van der Waals surface area (Å²) >= 11 is 0. The van der Waals surface area contributed by atoms with Crippen LogP contribution in [0.5, 0.6) is 0 Å². The second-order valence-corrected chi connectivity index (χ2v) is 3.44. The van der Waals surface area contributed by atoms with E-state index in [4.69, 9.17) is 0 Å². The van der Waals surface area contributed by atoms with E-state index in [1.54, 1.807) is 0 Å². The Kier molecular flexibility index (Phi) is 1.40. The summed E-state index contributed by atoms with van der Waals surface area (Å²) in [7, 11) is 0. The van der Waals surface area contributed by atoms with E-state index in [2.05, 4.69) is 18.7 Å². The van der Waals surface area contributed by atoms with Crippen molar-refractivity contribution in [2.75, 3.05) is 0 Å². The van der Waals surface area contributed by atoms with Crippen LogP contribution in [0.15, 0.2) is 24.3 Å². The Bertz CT molecular complexity index is 176. The third kappa shape index (κ3) is 0.749. The maximum absolute atomic E-state index is 3.83. The van der Waals surface area contributed by atoms with Crippen LogP contribution >= 0.6 is 0 Å². The molecule has 0 aromatic rings. The molecule has 0 N–H and O–H groups in total. The van der Waals surface area contributed by atoms with E-state index in [-0.39, 0.29) is 0 Å². The zero-order valence-electron chi connectivity index (χ0n) is 6.34. The highest BCUT2D eigenvalue weighted by molar-refractivity contribution is 5.26. The van der Waals surface area contributed by atoms with Gasteiger partial charge in [-0.2, -0.15) is 0 Å². The lowest BCUT2D eigenvalue weighted by molar-refractivity contribution is 0.486. The molecule has 0 amide bonds. The minimum Gasteiger partial charge on any atom is -0.0988 e. The van der Waals surface area contributed by atoms with Gasteiger partial charge in [-0.15, -0.1) is 0 Å². The van der Waals surface area contributed by atoms with Gasteiger partial charge in [-0.1, -0.05) is 25.2 Å². The van der Waals surface area contributed by atoms with Gasteiger partial charge >= 0.3 is 0 Å². The van der Waals surface area contributed by atoms with Crippen molar-refractivity contribution in [2.45, 2.75) is 25.7 Å². The predicted molar refractivity (Wildman–Crippen MR) is 43.7 cm³/mol. The van der Waals surface area contributed by atoms with E-state index >= 15 is 0 Å². The molecule has 0 nitrogen and oxygen atoms in total. The fraction of sp³-hybridized carbons (Fsp3) is 0.600. The van der Waals surface area contributed by atoms with Crippen molar-refractivity contribution in [3.05, 3.63) is 24.3 Å². The molecule has 0 heteroatoms. The Morgan fingerprint density at radius 2 is 2.40 bits per heavy atom. The SMILES string of the molecule is C=CC1=CCC2CCCC12. The van der Waals surface area contributed by atoms with E-state index in [1.807, 2.05) is 0 Å². The molecule has 0 radical (unpaired) electrons. The van der Waals surface area contributed by atoms with E-state index < -0.39 is 0 Å². The average molecular weight is 134 g/mol. The molecule has 0 saturated heterocycles. The third-order valence-electron chi connectivity index (χ3n) is 2.98. The first kappa shape index (κ1) is 6.21. The number of fused-ring (bicyclic) bond motifs is 1. The monoisotopic (exact) mass is 134 g/mol. The van der Waals surface area contributed by atoms with Gasteiger partial charge in [0.2, 0.25) is 0 Å². The maximum Gasteiger partial charge on any atom is -0.0134 e. The third-order valence-corrected chi connectivity index (χ3v) is 2.98. The van der Waals surface area contributed by atoms with Crippen molar-refractivity contribution < 1.29 is 0 Å². The molecule has 0 bridgehead atoms. The minimum absolute atomic E-state index is 0.900. The zero-order valence-corrected chi connectivity index (χ0v) is 6.34. The van der Waals surface area contributed by atoms with Crippen LogP contribution in [0.2, 0.25) is 0 Å². The van der Waals surface area contributed by atoms with E-state index in [0.717, 1.165) is 11.8 Å². The molecule has 0 spiro atoms. The fourth-order valence-electron chi connectivity index (χ4n) is 2.43. The Labute approximate surface area is 62.6 Å². The highest BCUT2D eigenvalue weighted by Crippen LogP contribution is 2.44. The zero-order chi connectivity index (χ0) is 6.97. The highest BCUT2D eigenvalue weighted by atomic mass is 14.4. The van der Waals surface area contributed by atoms with Crippen molar-refractivity contribution in [2.24, 2.45) is 11.8 Å². The van der Waals surface area contributed by atoms with Gasteiger partial charge in [0.25, 0.3) is 0 Å². The number of rotatable bonds is 1. The summed E-state index contributed by atoms with van der Waals surface area (Å²) in [5.41, 5.74) is 1.53. The first-order valence-corrected chi connectivity index (χ1v) is 4.24. The lowest BCUT2D eigenvalue weighted by Crippen LogP contribution is -2.00. The van der Waals surface area contributed by atoms with Crippen LogP contribution in [-0.2, 0) is 0 Å². The molecule has 0 aliphatic heterocycles. The van der Waals surface area contributed by atoms with Gasteiger partial charge in [-0.25, -0.2) is 0 Å². The molecular formula is C10H14. The molecule has 0 aromatic heterocycles. The van der Waals surface area contributed by atoms with E-state index in [1.165, 1.54) is 31.3 Å². The van der Waals surface area contributed by atoms with Crippen LogP contribution in [0.3, 0.4) is 0 Å². The van der Waals surface area contributed by atoms with Crippen LogP contribution in [0.25, 0.3) is 0 Å². The maximum atomic E-state index is 3.83. The molecule has 2 aliphatic carbocycles. The lowest BCUT2D eigenvalue weighted by Gasteiger charge is -2.09. The summed E-state index contributed by atoms with van der Waals surface area (Å²) in [5.74, 6) is 1.89. The van der Waals surface area contributed by atoms with Gasteiger partial charge in [-0.05, 0) is 36.7 Å². The van der Waals surface area contributed by atoms with Crippen molar-refractivity contribution in [3.63, 3.8) is 0 Å². The molecule has 2 aliphatic rings. The van der Waals surface area contributed by atoms with Gasteiger partial charge in [0.15, 0.2) is 0 Å². The first-order chi connectivity index (χ1) is 4.92. The molecule has 2 unspecified atom stereocenters. The van der Waals surface area contributed by atoms with Crippen LogP contribution < -0.4 is 0 Å². The quantitative estimate of drug-likeness (QED) is 0.517. The highest BCUT2D eigenvalue weighted by Gasteiger charge is 2.31. The largest absolute Gasteiger partial charge is 0.0988 e. The second-order valence-electron chi connectivity index (χ2n) is 3.44. The summed E-state index contributed by atoms with van der Waals surface area (Å²) in [5, 5.41) is 0. The average Bonchev–Trinajstić information content (AvgIpc) is 2.44. The van der Waals surface area contributed by atoms with Gasteiger partial charge in [0, 0.05) is 0 Å². The summed E-state index contributed by atoms with van der Waals surface area (Å²) < 4.78 is 0. The second kappa shape index (κ2) is 2.26. The molecule has 2 rings (SSSR count). The van der Waals surface area contributed by atoms with Crippen molar-refractivity contribution >= 4 is 0 Å². The van der Waals surface area contributed by atoms with Crippen molar-refractivity contribution in [3.8, 4) is 0 Å². The Hall–Kier alpha value is -0.520. The lowest BCUT2D eigenvalue weighted by atomic mass is 9.95. The van der Waals surface area contributed by atoms with Crippen LogP contribution in [0.4, 0.5) is 0 Å². The molecule has 2 atom stereocenters. The van der Waals surface area contributed by atoms with Crippen LogP contribution in [-0.4, -0.2) is 0 Å². The Balaban J connectivity index is 2.17. The molecular weight excluding hydrogens is 120 g/mol. The van der Waals surface area contributed by atoms with Gasteiger partial charge in [0.1, 0.15) is 0 Å². The van der Waals surface area contributed by atoms with Crippen molar-refractivity contribution in [1.82, 2.24) is 0 Å². The summed E-state index contributed by atoms with van der Waals surface area (Å²) in [6, 6.07) is 0. The molecule has 0 heterocycles. The minimum atomic E-state index is 0.900. The Morgan fingerprint density at radius 3 is 3.20 bits per heavy atom. The van der Waals surface area contributed by atoms with E-state index in [9.17, 15) is 0 Å². The summed E-state index contributed by atoms with van der Waals surface area (Å²) in [6.07, 6.45) is 10.1. The first-order valence-electron chi connectivity index (χ1n) is 4.24. The van der Waals surface area contributed by atoms with Gasteiger partial charge in [-0.3, -0.25) is 0 Å². The molecule has 1 saturated carbocycles. The summed E-state index contributed by atoms with van der Waals surface area (Å²) in [4.78, 5) is 0. The topological polar surface area (TPSA) is 0 Å². The summed E-state index contributed by atoms with van der Waals surface area (Å²) in [6.45, 7) is 3.83. The smallest absolute Gasteiger partial charge is 0.0134 e. The Morgan fingerprint density at radius 1 is 1.50 bits per heavy atom. The number of hydrogen-bond donors (Lipinski definition) is 0. The standard InChI is InChI=1S/C10H14/c1-2-8-6-7-9-4-3-5-10(8)9/h2,6,9-10H,1,3-5,7H2. The van der Waals surface area contributed by atoms with Crippen LogP contribution in [0, 0.1) is 11.8 Å². The van der Waals surface area contributed by atoms with E-state index in [0.29, 0.717) is 0 Å². The molecule has 1 fully saturated rings. The molecule has 0 aromatic carbocycles. The molecule has 10 heavy (non-hydrogen) atoms. The van der Waals surface area contributed by atoms with Gasteiger partial charge < -0.3 is 0 Å². The number of hydrogen-bond acceptors (Lipinski definition) is 0. The van der Waals surface area contributed by atoms with Crippen LogP contribution in [0.1, 0.15) is 25.7 Å². The van der Waals surface area contributed by atoms with Crippen molar-refractivity contribution in [1.29, 1.82) is 0 Å². The predicted octanol–water partition coefficient (Wildman–Crippen LogP) is 2.92.